The maximum Gasteiger partial charge on any atom is 0.213 e. The van der Waals surface area contributed by atoms with Gasteiger partial charge < -0.3 is 10.3 Å². The normalized spacial score (nSPS) is 23.9. The van der Waals surface area contributed by atoms with Crippen molar-refractivity contribution in [1.82, 2.24) is 15.0 Å². The molecule has 13 heavy (non-hydrogen) atoms. The molecule has 72 valence electrons. The highest BCUT2D eigenvalue weighted by molar-refractivity contribution is 4.83. The van der Waals surface area contributed by atoms with Crippen LogP contribution < -0.4 is 5.73 Å². The molecule has 0 bridgehead atoms. The van der Waals surface area contributed by atoms with Crippen LogP contribution in [0.4, 0.5) is 0 Å². The molecule has 1 aromatic rings. The minimum Gasteiger partial charge on any atom is -0.343 e. The van der Waals surface area contributed by atoms with Crippen LogP contribution in [-0.2, 0) is 6.54 Å². The quantitative estimate of drug-likeness (QED) is 0.704. The van der Waals surface area contributed by atoms with Crippen LogP contribution in [0.15, 0.2) is 10.9 Å². The molecule has 1 fully saturated rings. The Bertz CT molecular complexity index is 249. The zero-order valence-electron chi connectivity index (χ0n) is 7.52. The number of nitrogens with zero attached hydrogens (tertiary/aromatic N) is 3. The molecule has 1 aliphatic rings. The molecule has 1 aromatic heterocycles. The van der Waals surface area contributed by atoms with Crippen LogP contribution in [0, 0.1) is 5.92 Å². The molecule has 1 aliphatic heterocycles. The number of likely N-dealkylation sites (tertiary alicyclic amines) is 1. The number of nitrogens with two attached hydrogens (primary N) is 1. The second-order valence-electron chi connectivity index (χ2n) is 3.47. The summed E-state index contributed by atoms with van der Waals surface area (Å²) in [5.74, 6) is 1.41. The van der Waals surface area contributed by atoms with E-state index in [-0.39, 0.29) is 0 Å². The fraction of sp³-hybridized carbons (Fsp3) is 0.750. The van der Waals surface area contributed by atoms with Crippen molar-refractivity contribution >= 4 is 0 Å². The monoisotopic (exact) mass is 182 g/mol. The van der Waals surface area contributed by atoms with Gasteiger partial charge in [0.1, 0.15) is 0 Å². The first-order valence-corrected chi connectivity index (χ1v) is 4.56. The molecule has 2 heterocycles. The number of aromatic nitrogens is 2. The van der Waals surface area contributed by atoms with E-state index in [1.807, 2.05) is 0 Å². The molecule has 5 heteroatoms. The lowest BCUT2D eigenvalue weighted by Crippen LogP contribution is -2.23. The van der Waals surface area contributed by atoms with Crippen LogP contribution in [0.2, 0.25) is 0 Å². The molecule has 0 spiro atoms. The Morgan fingerprint density at radius 2 is 2.62 bits per heavy atom. The molecule has 0 aromatic carbocycles. The van der Waals surface area contributed by atoms with Crippen molar-refractivity contribution in [2.24, 2.45) is 11.7 Å². The summed E-state index contributed by atoms with van der Waals surface area (Å²) in [4.78, 5) is 6.29. The molecule has 0 saturated carbocycles. The van der Waals surface area contributed by atoms with Crippen molar-refractivity contribution in [3.05, 3.63) is 12.2 Å². The van der Waals surface area contributed by atoms with E-state index in [2.05, 4.69) is 19.6 Å². The Balaban J connectivity index is 1.84. The van der Waals surface area contributed by atoms with E-state index in [1.165, 1.54) is 12.8 Å². The molecule has 1 saturated heterocycles. The minimum atomic E-state index is 0.645. The summed E-state index contributed by atoms with van der Waals surface area (Å²) in [7, 11) is 0. The first-order valence-electron chi connectivity index (χ1n) is 4.56. The first kappa shape index (κ1) is 8.65. The maximum absolute atomic E-state index is 5.59. The molecule has 5 nitrogen and oxygen atoms in total. The van der Waals surface area contributed by atoms with Crippen molar-refractivity contribution < 1.29 is 4.52 Å². The third-order valence-corrected chi connectivity index (χ3v) is 2.48. The van der Waals surface area contributed by atoms with Gasteiger partial charge in [0, 0.05) is 6.54 Å². The average molecular weight is 182 g/mol. The Kier molecular flexibility index (Phi) is 2.56. The standard InChI is InChI=1S/C8H14N4O/c9-3-7-1-2-12(4-7)5-8-10-6-13-11-8/h6-7H,1-5,9H2. The van der Waals surface area contributed by atoms with Gasteiger partial charge in [0.2, 0.25) is 6.39 Å². The third kappa shape index (κ3) is 2.05. The summed E-state index contributed by atoms with van der Waals surface area (Å²) in [6.07, 6.45) is 2.56. The maximum atomic E-state index is 5.59. The Labute approximate surface area is 76.9 Å². The first-order chi connectivity index (χ1) is 6.38. The van der Waals surface area contributed by atoms with Crippen molar-refractivity contribution in [1.29, 1.82) is 0 Å². The van der Waals surface area contributed by atoms with Crippen LogP contribution in [0.5, 0.6) is 0 Å². The fourth-order valence-corrected chi connectivity index (χ4v) is 1.71. The van der Waals surface area contributed by atoms with Gasteiger partial charge in [0.25, 0.3) is 0 Å². The SMILES string of the molecule is NCC1CCN(Cc2ncon2)C1. The highest BCUT2D eigenvalue weighted by atomic mass is 16.5. The number of rotatable bonds is 3. The largest absolute Gasteiger partial charge is 0.343 e. The van der Waals surface area contributed by atoms with Gasteiger partial charge in [0.15, 0.2) is 5.82 Å². The van der Waals surface area contributed by atoms with Crippen molar-refractivity contribution in [2.45, 2.75) is 13.0 Å². The lowest BCUT2D eigenvalue weighted by molar-refractivity contribution is 0.301. The molecule has 2 N–H and O–H groups in total. The number of hydrogen-bond donors (Lipinski definition) is 1. The smallest absolute Gasteiger partial charge is 0.213 e. The van der Waals surface area contributed by atoms with Crippen LogP contribution in [-0.4, -0.2) is 34.7 Å². The van der Waals surface area contributed by atoms with Gasteiger partial charge in [-0.2, -0.15) is 4.98 Å². The molecule has 1 atom stereocenters. The van der Waals surface area contributed by atoms with Crippen molar-refractivity contribution in [2.75, 3.05) is 19.6 Å². The summed E-state index contributed by atoms with van der Waals surface area (Å²) in [6, 6.07) is 0. The topological polar surface area (TPSA) is 68.2 Å². The summed E-state index contributed by atoms with van der Waals surface area (Å²) >= 11 is 0. The highest BCUT2D eigenvalue weighted by Gasteiger charge is 2.21. The average Bonchev–Trinajstić information content (AvgIpc) is 2.76. The summed E-state index contributed by atoms with van der Waals surface area (Å²) in [6.45, 7) is 3.72. The fourth-order valence-electron chi connectivity index (χ4n) is 1.71. The molecule has 0 radical (unpaired) electrons. The van der Waals surface area contributed by atoms with E-state index >= 15 is 0 Å². The lowest BCUT2D eigenvalue weighted by Gasteiger charge is -2.12. The van der Waals surface area contributed by atoms with E-state index in [0.29, 0.717) is 5.92 Å². The van der Waals surface area contributed by atoms with E-state index in [4.69, 9.17) is 5.73 Å². The van der Waals surface area contributed by atoms with Gasteiger partial charge in [-0.3, -0.25) is 4.90 Å². The van der Waals surface area contributed by atoms with Gasteiger partial charge >= 0.3 is 0 Å². The van der Waals surface area contributed by atoms with Crippen LogP contribution in [0.25, 0.3) is 0 Å². The molecule has 0 amide bonds. The van der Waals surface area contributed by atoms with Gasteiger partial charge in [-0.25, -0.2) is 0 Å². The molecular formula is C8H14N4O. The molecule has 2 rings (SSSR count). The van der Waals surface area contributed by atoms with Crippen LogP contribution in [0.1, 0.15) is 12.2 Å². The Morgan fingerprint density at radius 3 is 3.23 bits per heavy atom. The van der Waals surface area contributed by atoms with Crippen LogP contribution in [0.3, 0.4) is 0 Å². The molecule has 0 aliphatic carbocycles. The molecular weight excluding hydrogens is 168 g/mol. The summed E-state index contributed by atoms with van der Waals surface area (Å²) < 4.78 is 4.67. The zero-order valence-corrected chi connectivity index (χ0v) is 7.52. The van der Waals surface area contributed by atoms with E-state index < -0.39 is 0 Å². The van der Waals surface area contributed by atoms with Gasteiger partial charge in [-0.15, -0.1) is 0 Å². The highest BCUT2D eigenvalue weighted by Crippen LogP contribution is 2.15. The van der Waals surface area contributed by atoms with Crippen molar-refractivity contribution in [3.8, 4) is 0 Å². The Hall–Kier alpha value is -0.940. The van der Waals surface area contributed by atoms with Crippen molar-refractivity contribution in [3.63, 3.8) is 0 Å². The second kappa shape index (κ2) is 3.85. The second-order valence-corrected chi connectivity index (χ2v) is 3.47. The predicted octanol–water partition coefficient (Wildman–Crippen LogP) is -0.150. The van der Waals surface area contributed by atoms with Gasteiger partial charge in [-0.1, -0.05) is 5.16 Å². The number of hydrogen-bond acceptors (Lipinski definition) is 5. The lowest BCUT2D eigenvalue weighted by atomic mass is 10.1. The van der Waals surface area contributed by atoms with E-state index in [1.54, 1.807) is 0 Å². The minimum absolute atomic E-state index is 0.645. The Morgan fingerprint density at radius 1 is 1.69 bits per heavy atom. The van der Waals surface area contributed by atoms with E-state index in [0.717, 1.165) is 32.0 Å². The van der Waals surface area contributed by atoms with E-state index in [9.17, 15) is 0 Å². The summed E-state index contributed by atoms with van der Waals surface area (Å²) in [5, 5.41) is 3.77. The summed E-state index contributed by atoms with van der Waals surface area (Å²) in [5.41, 5.74) is 5.59. The third-order valence-electron chi connectivity index (χ3n) is 2.48. The van der Waals surface area contributed by atoms with Crippen LogP contribution >= 0.6 is 0 Å². The zero-order chi connectivity index (χ0) is 9.10. The van der Waals surface area contributed by atoms with Gasteiger partial charge in [-0.05, 0) is 25.4 Å². The van der Waals surface area contributed by atoms with Gasteiger partial charge in [0.05, 0.1) is 6.54 Å². The predicted molar refractivity (Wildman–Crippen MR) is 46.7 cm³/mol. The molecule has 1 unspecified atom stereocenters.